The van der Waals surface area contributed by atoms with Gasteiger partial charge in [-0.15, -0.1) is 0 Å². The summed E-state index contributed by atoms with van der Waals surface area (Å²) in [6.07, 6.45) is 1.69. The van der Waals surface area contributed by atoms with E-state index in [4.69, 9.17) is 9.88 Å². The van der Waals surface area contributed by atoms with Crippen LogP contribution in [0.3, 0.4) is 0 Å². The molecule has 21 heavy (non-hydrogen) atoms. The van der Waals surface area contributed by atoms with Crippen LogP contribution in [0, 0.1) is 0 Å². The summed E-state index contributed by atoms with van der Waals surface area (Å²) in [7, 11) is -2.25. The number of methoxy groups -OCH3 is 1. The van der Waals surface area contributed by atoms with Crippen molar-refractivity contribution in [1.29, 1.82) is 0 Å². The summed E-state index contributed by atoms with van der Waals surface area (Å²) < 4.78 is 28.9. The summed E-state index contributed by atoms with van der Waals surface area (Å²) in [5, 5.41) is 8.22. The van der Waals surface area contributed by atoms with Crippen molar-refractivity contribution in [3.05, 3.63) is 46.7 Å². The van der Waals surface area contributed by atoms with Gasteiger partial charge in [0.05, 0.1) is 29.9 Å². The maximum Gasteiger partial charge on any atom is 0.238 e. The van der Waals surface area contributed by atoms with Gasteiger partial charge in [0.2, 0.25) is 10.0 Å². The van der Waals surface area contributed by atoms with E-state index in [1.165, 1.54) is 19.2 Å². The molecule has 0 amide bonds. The Morgan fingerprint density at radius 2 is 2.10 bits per heavy atom. The van der Waals surface area contributed by atoms with Crippen molar-refractivity contribution < 1.29 is 13.2 Å². The van der Waals surface area contributed by atoms with Gasteiger partial charge in [-0.05, 0) is 46.3 Å². The summed E-state index contributed by atoms with van der Waals surface area (Å²) in [5.41, 5.74) is 1.34. The lowest BCUT2D eigenvalue weighted by Gasteiger charge is -2.12. The van der Waals surface area contributed by atoms with Crippen LogP contribution in [0.4, 0.5) is 5.69 Å². The SMILES string of the molecule is COc1ccc(S(N)(=O)=O)cc1NCc1ccc(Br)cn1. The smallest absolute Gasteiger partial charge is 0.238 e. The molecule has 1 aromatic carbocycles. The first-order chi connectivity index (χ1) is 9.90. The molecule has 0 aliphatic rings. The fraction of sp³-hybridized carbons (Fsp3) is 0.154. The third-order valence-electron chi connectivity index (χ3n) is 2.75. The van der Waals surface area contributed by atoms with Crippen LogP contribution >= 0.6 is 15.9 Å². The van der Waals surface area contributed by atoms with Gasteiger partial charge in [0.1, 0.15) is 5.75 Å². The van der Waals surface area contributed by atoms with Crippen LogP contribution in [0.2, 0.25) is 0 Å². The lowest BCUT2D eigenvalue weighted by atomic mass is 10.2. The Balaban J connectivity index is 2.23. The first-order valence-electron chi connectivity index (χ1n) is 5.95. The maximum absolute atomic E-state index is 11.4. The molecule has 0 spiro atoms. The number of primary sulfonamides is 1. The zero-order chi connectivity index (χ0) is 15.5. The summed E-state index contributed by atoms with van der Waals surface area (Å²) in [6.45, 7) is 0.428. The summed E-state index contributed by atoms with van der Waals surface area (Å²) >= 11 is 3.31. The molecule has 0 saturated carbocycles. The minimum Gasteiger partial charge on any atom is -0.495 e. The largest absolute Gasteiger partial charge is 0.495 e. The van der Waals surface area contributed by atoms with E-state index in [-0.39, 0.29) is 4.90 Å². The van der Waals surface area contributed by atoms with Gasteiger partial charge in [-0.2, -0.15) is 0 Å². The summed E-state index contributed by atoms with van der Waals surface area (Å²) in [6, 6.07) is 8.12. The van der Waals surface area contributed by atoms with Crippen LogP contribution in [-0.2, 0) is 16.6 Å². The molecule has 0 saturated heterocycles. The fourth-order valence-corrected chi connectivity index (χ4v) is 2.47. The van der Waals surface area contributed by atoms with Gasteiger partial charge in [0, 0.05) is 10.7 Å². The van der Waals surface area contributed by atoms with E-state index in [1.807, 2.05) is 12.1 Å². The first-order valence-corrected chi connectivity index (χ1v) is 8.29. The number of anilines is 1. The quantitative estimate of drug-likeness (QED) is 0.839. The summed E-state index contributed by atoms with van der Waals surface area (Å²) in [5.74, 6) is 0.527. The molecule has 8 heteroatoms. The van der Waals surface area contributed by atoms with Gasteiger partial charge < -0.3 is 10.1 Å². The number of sulfonamides is 1. The Hall–Kier alpha value is -1.64. The van der Waals surface area contributed by atoms with E-state index in [9.17, 15) is 8.42 Å². The second kappa shape index (κ2) is 6.42. The van der Waals surface area contributed by atoms with Gasteiger partial charge in [0.15, 0.2) is 0 Å². The molecule has 0 radical (unpaired) electrons. The predicted octanol–water partition coefficient (Wildman–Crippen LogP) is 2.11. The Morgan fingerprint density at radius 3 is 2.67 bits per heavy atom. The lowest BCUT2D eigenvalue weighted by Crippen LogP contribution is -2.13. The summed E-state index contributed by atoms with van der Waals surface area (Å²) in [4.78, 5) is 4.25. The molecule has 0 fully saturated rings. The monoisotopic (exact) mass is 371 g/mol. The van der Waals surface area contributed by atoms with Gasteiger partial charge in [-0.1, -0.05) is 0 Å². The van der Waals surface area contributed by atoms with Crippen LogP contribution in [0.1, 0.15) is 5.69 Å². The molecule has 2 rings (SSSR count). The van der Waals surface area contributed by atoms with Gasteiger partial charge in [-0.25, -0.2) is 13.6 Å². The van der Waals surface area contributed by atoms with Crippen molar-refractivity contribution >= 4 is 31.6 Å². The van der Waals surface area contributed by atoms with Crippen molar-refractivity contribution in [3.63, 3.8) is 0 Å². The molecule has 0 atom stereocenters. The minimum absolute atomic E-state index is 0.0227. The molecule has 112 valence electrons. The van der Waals surface area contributed by atoms with Crippen LogP contribution in [-0.4, -0.2) is 20.5 Å². The zero-order valence-electron chi connectivity index (χ0n) is 11.2. The van der Waals surface area contributed by atoms with E-state index in [2.05, 4.69) is 26.2 Å². The molecule has 2 aromatic rings. The van der Waals surface area contributed by atoms with Crippen LogP contribution in [0.5, 0.6) is 5.75 Å². The van der Waals surface area contributed by atoms with Crippen LogP contribution in [0.15, 0.2) is 45.9 Å². The van der Waals surface area contributed by atoms with Crippen molar-refractivity contribution in [1.82, 2.24) is 4.98 Å². The number of nitrogens with one attached hydrogen (secondary N) is 1. The number of hydrogen-bond acceptors (Lipinski definition) is 5. The van der Waals surface area contributed by atoms with E-state index in [0.29, 0.717) is 18.0 Å². The number of benzene rings is 1. The average Bonchev–Trinajstić information content (AvgIpc) is 2.45. The molecule has 1 heterocycles. The molecule has 0 aliphatic heterocycles. The third kappa shape index (κ3) is 4.16. The Labute approximate surface area is 131 Å². The van der Waals surface area contributed by atoms with Crippen LogP contribution < -0.4 is 15.2 Å². The highest BCUT2D eigenvalue weighted by molar-refractivity contribution is 9.10. The van der Waals surface area contributed by atoms with Gasteiger partial charge >= 0.3 is 0 Å². The first kappa shape index (κ1) is 15.7. The number of aromatic nitrogens is 1. The number of pyridine rings is 1. The van der Waals surface area contributed by atoms with Crippen molar-refractivity contribution in [3.8, 4) is 5.75 Å². The lowest BCUT2D eigenvalue weighted by molar-refractivity contribution is 0.416. The Morgan fingerprint density at radius 1 is 1.33 bits per heavy atom. The average molecular weight is 372 g/mol. The Bertz CT molecular complexity index is 733. The molecule has 1 aromatic heterocycles. The molecule has 0 bridgehead atoms. The Kier molecular flexibility index (Phi) is 4.81. The molecular weight excluding hydrogens is 358 g/mol. The number of nitrogens with zero attached hydrogens (tertiary/aromatic N) is 1. The van der Waals surface area contributed by atoms with Crippen molar-refractivity contribution in [2.24, 2.45) is 5.14 Å². The fourth-order valence-electron chi connectivity index (χ4n) is 1.70. The number of rotatable bonds is 5. The highest BCUT2D eigenvalue weighted by atomic mass is 79.9. The van der Waals surface area contributed by atoms with Crippen LogP contribution in [0.25, 0.3) is 0 Å². The van der Waals surface area contributed by atoms with Crippen molar-refractivity contribution in [2.45, 2.75) is 11.4 Å². The molecule has 0 aliphatic carbocycles. The standard InChI is InChI=1S/C13H14BrN3O3S/c1-20-13-5-4-11(21(15,18)19)6-12(13)17-8-10-3-2-9(14)7-16-10/h2-7,17H,8H2,1H3,(H2,15,18,19). The van der Waals surface area contributed by atoms with E-state index in [1.54, 1.807) is 12.3 Å². The highest BCUT2D eigenvalue weighted by Crippen LogP contribution is 2.27. The number of hydrogen-bond donors (Lipinski definition) is 2. The second-order valence-electron chi connectivity index (χ2n) is 4.23. The number of halogens is 1. The van der Waals surface area contributed by atoms with Gasteiger partial charge in [0.25, 0.3) is 0 Å². The zero-order valence-corrected chi connectivity index (χ0v) is 13.6. The second-order valence-corrected chi connectivity index (χ2v) is 6.71. The molecule has 6 nitrogen and oxygen atoms in total. The molecule has 0 unspecified atom stereocenters. The minimum atomic E-state index is -3.76. The third-order valence-corrected chi connectivity index (χ3v) is 4.13. The van der Waals surface area contributed by atoms with E-state index < -0.39 is 10.0 Å². The van der Waals surface area contributed by atoms with Crippen molar-refractivity contribution in [2.75, 3.05) is 12.4 Å². The number of nitrogens with two attached hydrogens (primary N) is 1. The maximum atomic E-state index is 11.4. The number of ether oxygens (including phenoxy) is 1. The molecule has 3 N–H and O–H groups in total. The molecular formula is C13H14BrN3O3S. The normalized spacial score (nSPS) is 11.2. The van der Waals surface area contributed by atoms with E-state index >= 15 is 0 Å². The predicted molar refractivity (Wildman–Crippen MR) is 83.6 cm³/mol. The highest BCUT2D eigenvalue weighted by Gasteiger charge is 2.12. The van der Waals surface area contributed by atoms with Gasteiger partial charge in [-0.3, -0.25) is 4.98 Å². The topological polar surface area (TPSA) is 94.3 Å². The van der Waals surface area contributed by atoms with E-state index in [0.717, 1.165) is 10.2 Å².